The third-order valence-corrected chi connectivity index (χ3v) is 8.92. The first-order chi connectivity index (χ1) is 21.4. The number of allylic oxidation sites excluding steroid dienone is 1. The topological polar surface area (TPSA) is 114 Å². The first-order valence-electron chi connectivity index (χ1n) is 13.9. The summed E-state index contributed by atoms with van der Waals surface area (Å²) in [4.78, 5) is 13.0. The smallest absolute Gasteiger partial charge is 0.416 e. The summed E-state index contributed by atoms with van der Waals surface area (Å²) in [6.07, 6.45) is -3.98. The van der Waals surface area contributed by atoms with Crippen LogP contribution < -0.4 is 10.1 Å². The third kappa shape index (κ3) is 9.03. The molecule has 0 unspecified atom stereocenters. The predicted octanol–water partition coefficient (Wildman–Crippen LogP) is 4.58. The van der Waals surface area contributed by atoms with E-state index in [1.807, 2.05) is 0 Å². The Bertz CT molecular complexity index is 1560. The van der Waals surface area contributed by atoms with Crippen LogP contribution >= 0.6 is 0 Å². The van der Waals surface area contributed by atoms with Gasteiger partial charge in [0, 0.05) is 32.0 Å². The molecule has 0 saturated heterocycles. The summed E-state index contributed by atoms with van der Waals surface area (Å²) < 4.78 is 96.8. The standard InChI is InChI=1S/C31H32F4N2O7S/c1-42-26-10-12-27(13-11-26)45(40,41)37(14-16-38)15-17-43-29-19-23(22-4-6-24(7-5-22)31(33,34)35)18-28(44-29)30(39)36-20-21-2-8-25(32)9-3-21/h2-13,18,23,29,38H,14-17,19-20H2,1H3,(H,36,39)/t23-,29+/m0/s1. The van der Waals surface area contributed by atoms with Gasteiger partial charge in [-0.1, -0.05) is 24.3 Å². The molecule has 0 radical (unpaired) electrons. The molecule has 0 aromatic heterocycles. The second-order valence-corrected chi connectivity index (χ2v) is 12.0. The number of sulfonamides is 1. The van der Waals surface area contributed by atoms with E-state index in [4.69, 9.17) is 14.2 Å². The van der Waals surface area contributed by atoms with Crippen molar-refractivity contribution in [3.8, 4) is 5.75 Å². The summed E-state index contributed by atoms with van der Waals surface area (Å²) in [5, 5.41) is 12.2. The van der Waals surface area contributed by atoms with Gasteiger partial charge in [-0.05, 0) is 65.7 Å². The number of hydrogen-bond acceptors (Lipinski definition) is 7. The van der Waals surface area contributed by atoms with E-state index in [9.17, 15) is 35.9 Å². The summed E-state index contributed by atoms with van der Waals surface area (Å²) in [7, 11) is -2.57. The van der Waals surface area contributed by atoms with E-state index >= 15 is 0 Å². The van der Waals surface area contributed by atoms with E-state index in [1.54, 1.807) is 0 Å². The number of carbonyl (C=O) groups excluding carboxylic acids is 1. The van der Waals surface area contributed by atoms with E-state index < -0.39 is 52.3 Å². The second kappa shape index (κ2) is 14.9. The van der Waals surface area contributed by atoms with Gasteiger partial charge in [0.15, 0.2) is 5.76 Å². The molecule has 0 bridgehead atoms. The van der Waals surface area contributed by atoms with E-state index in [-0.39, 0.29) is 43.3 Å². The van der Waals surface area contributed by atoms with Crippen molar-refractivity contribution in [3.05, 3.63) is 107 Å². The van der Waals surface area contributed by atoms with Crippen LogP contribution in [0.4, 0.5) is 17.6 Å². The number of carbonyl (C=O) groups is 1. The lowest BCUT2D eigenvalue weighted by Gasteiger charge is -2.30. The fourth-order valence-corrected chi connectivity index (χ4v) is 6.00. The van der Waals surface area contributed by atoms with Crippen LogP contribution in [0, 0.1) is 5.82 Å². The van der Waals surface area contributed by atoms with Gasteiger partial charge in [0.2, 0.25) is 16.3 Å². The fourth-order valence-electron chi connectivity index (χ4n) is 4.59. The molecule has 3 aromatic rings. The zero-order valence-corrected chi connectivity index (χ0v) is 25.0. The number of nitrogens with one attached hydrogen (secondary N) is 1. The number of hydrogen-bond donors (Lipinski definition) is 2. The van der Waals surface area contributed by atoms with Crippen molar-refractivity contribution in [2.45, 2.75) is 36.2 Å². The number of ether oxygens (including phenoxy) is 3. The zero-order valence-electron chi connectivity index (χ0n) is 24.2. The maximum Gasteiger partial charge on any atom is 0.416 e. The molecule has 1 aliphatic heterocycles. The number of benzene rings is 3. The Kier molecular flexibility index (Phi) is 11.2. The zero-order chi connectivity index (χ0) is 32.6. The van der Waals surface area contributed by atoms with E-state index in [1.165, 1.54) is 73.8 Å². The van der Waals surface area contributed by atoms with Crippen molar-refractivity contribution in [1.29, 1.82) is 0 Å². The number of aliphatic hydroxyl groups excluding tert-OH is 1. The molecule has 0 fully saturated rings. The van der Waals surface area contributed by atoms with E-state index in [2.05, 4.69) is 5.32 Å². The molecular formula is C31H32F4N2O7S. The monoisotopic (exact) mass is 652 g/mol. The van der Waals surface area contributed by atoms with Gasteiger partial charge in [-0.25, -0.2) is 12.8 Å². The molecule has 1 heterocycles. The van der Waals surface area contributed by atoms with E-state index in [0.29, 0.717) is 16.9 Å². The number of alkyl halides is 3. The summed E-state index contributed by atoms with van der Waals surface area (Å²) in [6.45, 7) is -0.976. The van der Waals surface area contributed by atoms with Gasteiger partial charge < -0.3 is 24.6 Å². The average molecular weight is 653 g/mol. The van der Waals surface area contributed by atoms with Gasteiger partial charge in [-0.3, -0.25) is 4.79 Å². The van der Waals surface area contributed by atoms with Crippen LogP contribution in [0.2, 0.25) is 0 Å². The predicted molar refractivity (Wildman–Crippen MR) is 155 cm³/mol. The van der Waals surface area contributed by atoms with Crippen molar-refractivity contribution < 1.29 is 50.1 Å². The Balaban J connectivity index is 1.48. The molecule has 9 nitrogen and oxygen atoms in total. The molecule has 14 heteroatoms. The highest BCUT2D eigenvalue weighted by molar-refractivity contribution is 7.89. The summed E-state index contributed by atoms with van der Waals surface area (Å²) in [6, 6.07) is 15.7. The highest BCUT2D eigenvalue weighted by Crippen LogP contribution is 2.34. The molecule has 3 aromatic carbocycles. The van der Waals surface area contributed by atoms with Gasteiger partial charge >= 0.3 is 6.18 Å². The Hall–Kier alpha value is -3.98. The van der Waals surface area contributed by atoms with Gasteiger partial charge in [-0.2, -0.15) is 17.5 Å². The molecular weight excluding hydrogens is 620 g/mol. The van der Waals surface area contributed by atoms with Crippen LogP contribution in [0.5, 0.6) is 5.75 Å². The van der Waals surface area contributed by atoms with Gasteiger partial charge in [-0.15, -0.1) is 0 Å². The maximum absolute atomic E-state index is 13.2. The second-order valence-electron chi connectivity index (χ2n) is 10.0. The summed E-state index contributed by atoms with van der Waals surface area (Å²) in [5.74, 6) is -1.32. The molecule has 2 atom stereocenters. The van der Waals surface area contributed by atoms with Crippen molar-refractivity contribution in [2.75, 3.05) is 33.4 Å². The molecule has 45 heavy (non-hydrogen) atoms. The number of amides is 1. The van der Waals surface area contributed by atoms with Crippen LogP contribution in [-0.2, 0) is 37.0 Å². The third-order valence-electron chi connectivity index (χ3n) is 7.00. The Labute approximate surface area is 258 Å². The van der Waals surface area contributed by atoms with Crippen LogP contribution in [0.3, 0.4) is 0 Å². The Morgan fingerprint density at radius 2 is 1.69 bits per heavy atom. The van der Waals surface area contributed by atoms with Crippen LogP contribution in [-0.4, -0.2) is 63.4 Å². The number of methoxy groups -OCH3 is 1. The van der Waals surface area contributed by atoms with Gasteiger partial charge in [0.1, 0.15) is 11.6 Å². The normalized spacial score (nSPS) is 17.0. The van der Waals surface area contributed by atoms with Crippen LogP contribution in [0.15, 0.2) is 89.5 Å². The molecule has 0 saturated carbocycles. The van der Waals surface area contributed by atoms with Gasteiger partial charge in [0.25, 0.3) is 5.91 Å². The Morgan fingerprint density at radius 1 is 1.02 bits per heavy atom. The van der Waals surface area contributed by atoms with Crippen LogP contribution in [0.25, 0.3) is 0 Å². The largest absolute Gasteiger partial charge is 0.497 e. The first-order valence-corrected chi connectivity index (χ1v) is 15.3. The minimum absolute atomic E-state index is 0.0175. The Morgan fingerprint density at radius 3 is 2.29 bits per heavy atom. The fraction of sp³-hybridized carbons (Fsp3) is 0.323. The molecule has 0 aliphatic carbocycles. The molecule has 1 amide bonds. The number of rotatable bonds is 13. The number of nitrogens with zero attached hydrogens (tertiary/aromatic N) is 1. The van der Waals surface area contributed by atoms with E-state index in [0.717, 1.165) is 16.4 Å². The van der Waals surface area contributed by atoms with Crippen molar-refractivity contribution >= 4 is 15.9 Å². The highest BCUT2D eigenvalue weighted by atomic mass is 32.2. The van der Waals surface area contributed by atoms with Crippen molar-refractivity contribution in [3.63, 3.8) is 0 Å². The number of aliphatic hydroxyl groups is 1. The minimum atomic E-state index is -4.52. The minimum Gasteiger partial charge on any atom is -0.497 e. The highest BCUT2D eigenvalue weighted by Gasteiger charge is 2.32. The molecule has 242 valence electrons. The van der Waals surface area contributed by atoms with Crippen molar-refractivity contribution in [1.82, 2.24) is 9.62 Å². The molecule has 0 spiro atoms. The summed E-state index contributed by atoms with van der Waals surface area (Å²) in [5.41, 5.74) is 0.275. The average Bonchev–Trinajstić information content (AvgIpc) is 3.03. The van der Waals surface area contributed by atoms with Crippen LogP contribution in [0.1, 0.15) is 29.0 Å². The molecule has 2 N–H and O–H groups in total. The van der Waals surface area contributed by atoms with Crippen molar-refractivity contribution in [2.24, 2.45) is 0 Å². The molecule has 1 aliphatic rings. The van der Waals surface area contributed by atoms with Gasteiger partial charge in [0.05, 0.1) is 30.8 Å². The lowest BCUT2D eigenvalue weighted by Crippen LogP contribution is -2.38. The quantitative estimate of drug-likeness (QED) is 0.260. The molecule has 4 rings (SSSR count). The lowest BCUT2D eigenvalue weighted by atomic mass is 9.92. The lowest BCUT2D eigenvalue weighted by molar-refractivity contribution is -0.146. The maximum atomic E-state index is 13.2. The SMILES string of the molecule is COc1ccc(S(=O)(=O)N(CCO)CCO[C@H]2C[C@@H](c3ccc(C(F)(F)F)cc3)C=C(C(=O)NCc3ccc(F)cc3)O2)cc1. The summed E-state index contributed by atoms with van der Waals surface area (Å²) >= 11 is 0. The number of halogens is 4. The first kappa shape index (κ1) is 33.9.